The third kappa shape index (κ3) is 3.27. The molecule has 1 amide bonds. The highest BCUT2D eigenvalue weighted by molar-refractivity contribution is 6.05. The van der Waals surface area contributed by atoms with E-state index in [4.69, 9.17) is 0 Å². The van der Waals surface area contributed by atoms with Crippen molar-refractivity contribution in [2.24, 2.45) is 7.05 Å². The van der Waals surface area contributed by atoms with Crippen molar-refractivity contribution < 1.29 is 4.79 Å². The van der Waals surface area contributed by atoms with Gasteiger partial charge in [0.1, 0.15) is 0 Å². The number of para-hydroxylation sites is 1. The van der Waals surface area contributed by atoms with Gasteiger partial charge in [-0.15, -0.1) is 5.10 Å². The predicted molar refractivity (Wildman–Crippen MR) is 105 cm³/mol. The van der Waals surface area contributed by atoms with E-state index in [0.717, 1.165) is 16.9 Å². The van der Waals surface area contributed by atoms with Gasteiger partial charge in [0.2, 0.25) is 0 Å². The molecule has 0 unspecified atom stereocenters. The molecular weight excluding hydrogens is 354 g/mol. The maximum absolute atomic E-state index is 12.9. The van der Waals surface area contributed by atoms with Crippen LogP contribution in [0.2, 0.25) is 0 Å². The lowest BCUT2D eigenvalue weighted by atomic mass is 10.1. The molecule has 140 valence electrons. The predicted octanol–water partition coefficient (Wildman–Crippen LogP) is 2.88. The first kappa shape index (κ1) is 17.6. The van der Waals surface area contributed by atoms with Gasteiger partial charge in [-0.1, -0.05) is 37.3 Å². The molecule has 0 spiro atoms. The van der Waals surface area contributed by atoms with Crippen LogP contribution in [0, 0.1) is 0 Å². The zero-order valence-electron chi connectivity index (χ0n) is 15.6. The first-order valence-corrected chi connectivity index (χ1v) is 8.94. The summed E-state index contributed by atoms with van der Waals surface area (Å²) >= 11 is 0. The van der Waals surface area contributed by atoms with E-state index < -0.39 is 0 Å². The average Bonchev–Trinajstić information content (AvgIpc) is 3.35. The van der Waals surface area contributed by atoms with Crippen LogP contribution in [0.3, 0.4) is 0 Å². The minimum Gasteiger partial charge on any atom is -0.322 e. The number of rotatable bonds is 5. The van der Waals surface area contributed by atoms with E-state index in [1.54, 1.807) is 22.6 Å². The molecule has 4 aromatic rings. The number of tetrazole rings is 1. The lowest BCUT2D eigenvalue weighted by Gasteiger charge is -2.09. The highest BCUT2D eigenvalue weighted by Gasteiger charge is 2.17. The van der Waals surface area contributed by atoms with Crippen molar-refractivity contribution in [3.8, 4) is 17.1 Å². The topological polar surface area (TPSA) is 90.5 Å². The molecule has 4 rings (SSSR count). The number of carbonyl (C=O) groups excluding carboxylic acids is 1. The smallest absolute Gasteiger partial charge is 0.259 e. The minimum atomic E-state index is -0.202. The van der Waals surface area contributed by atoms with Crippen molar-refractivity contribution in [3.05, 3.63) is 72.1 Å². The van der Waals surface area contributed by atoms with Crippen LogP contribution in [-0.2, 0) is 13.5 Å². The van der Waals surface area contributed by atoms with E-state index in [-0.39, 0.29) is 5.91 Å². The fourth-order valence-corrected chi connectivity index (χ4v) is 3.10. The number of hydrogen-bond acceptors (Lipinski definition) is 5. The van der Waals surface area contributed by atoms with Crippen molar-refractivity contribution in [2.45, 2.75) is 13.3 Å². The monoisotopic (exact) mass is 373 g/mol. The molecule has 0 bridgehead atoms. The summed E-state index contributed by atoms with van der Waals surface area (Å²) in [6, 6.07) is 17.2. The molecule has 0 atom stereocenters. The molecule has 0 saturated carbocycles. The Morgan fingerprint density at radius 1 is 1.11 bits per heavy atom. The molecule has 28 heavy (non-hydrogen) atoms. The van der Waals surface area contributed by atoms with Crippen LogP contribution in [0.1, 0.15) is 23.0 Å². The van der Waals surface area contributed by atoms with Gasteiger partial charge in [0.05, 0.1) is 23.1 Å². The van der Waals surface area contributed by atoms with Gasteiger partial charge in [-0.2, -0.15) is 5.10 Å². The summed E-state index contributed by atoms with van der Waals surface area (Å²) in [5.41, 5.74) is 3.82. The molecule has 0 aliphatic heterocycles. The van der Waals surface area contributed by atoms with E-state index in [1.807, 2.05) is 61.5 Å². The highest BCUT2D eigenvalue weighted by atomic mass is 16.1. The molecule has 2 aromatic carbocycles. The third-order valence-electron chi connectivity index (χ3n) is 4.45. The first-order valence-electron chi connectivity index (χ1n) is 8.94. The summed E-state index contributed by atoms with van der Waals surface area (Å²) in [4.78, 5) is 12.9. The van der Waals surface area contributed by atoms with E-state index in [2.05, 4.69) is 25.9 Å². The molecule has 0 aliphatic rings. The van der Waals surface area contributed by atoms with Crippen molar-refractivity contribution in [3.63, 3.8) is 0 Å². The van der Waals surface area contributed by atoms with Crippen LogP contribution in [0.4, 0.5) is 5.69 Å². The maximum Gasteiger partial charge on any atom is 0.259 e. The number of amides is 1. The van der Waals surface area contributed by atoms with Crippen LogP contribution >= 0.6 is 0 Å². The Hall–Kier alpha value is -3.81. The molecule has 2 aromatic heterocycles. The molecule has 0 aliphatic carbocycles. The number of carbonyl (C=O) groups is 1. The molecule has 8 nitrogen and oxygen atoms in total. The Morgan fingerprint density at radius 3 is 2.64 bits per heavy atom. The van der Waals surface area contributed by atoms with Gasteiger partial charge in [-0.3, -0.25) is 4.79 Å². The SMILES string of the molecule is CCc1c(C(=O)Nc2cccc(-c3nnnn3C)c2)cnn1-c1ccccc1. The molecule has 2 heterocycles. The van der Waals surface area contributed by atoms with Gasteiger partial charge in [0.25, 0.3) is 5.91 Å². The summed E-state index contributed by atoms with van der Waals surface area (Å²) in [6.07, 6.45) is 2.29. The van der Waals surface area contributed by atoms with Gasteiger partial charge in [0.15, 0.2) is 5.82 Å². The Balaban J connectivity index is 1.61. The number of anilines is 1. The Bertz CT molecular complexity index is 1110. The molecular formula is C20H19N7O. The summed E-state index contributed by atoms with van der Waals surface area (Å²) in [6.45, 7) is 2.01. The fraction of sp³-hybridized carbons (Fsp3) is 0.150. The second-order valence-corrected chi connectivity index (χ2v) is 6.27. The Kier molecular flexibility index (Phi) is 4.67. The normalized spacial score (nSPS) is 10.8. The standard InChI is InChI=1S/C20H19N7O/c1-3-18-17(13-21-27(18)16-10-5-4-6-11-16)20(28)22-15-9-7-8-14(12-15)19-23-24-25-26(19)2/h4-13H,3H2,1-2H3,(H,22,28). The first-order chi connectivity index (χ1) is 13.7. The van der Waals surface area contributed by atoms with Crippen LogP contribution < -0.4 is 5.32 Å². The van der Waals surface area contributed by atoms with Crippen LogP contribution in [0.15, 0.2) is 60.8 Å². The van der Waals surface area contributed by atoms with Crippen molar-refractivity contribution in [1.82, 2.24) is 30.0 Å². The number of nitrogens with zero attached hydrogens (tertiary/aromatic N) is 6. The molecule has 0 fully saturated rings. The largest absolute Gasteiger partial charge is 0.322 e. The molecule has 0 saturated heterocycles. The molecule has 8 heteroatoms. The van der Waals surface area contributed by atoms with Gasteiger partial charge in [-0.25, -0.2) is 9.36 Å². The van der Waals surface area contributed by atoms with Crippen molar-refractivity contribution >= 4 is 11.6 Å². The van der Waals surface area contributed by atoms with Gasteiger partial charge in [0, 0.05) is 18.3 Å². The lowest BCUT2D eigenvalue weighted by Crippen LogP contribution is -2.14. The molecule has 0 radical (unpaired) electrons. The highest BCUT2D eigenvalue weighted by Crippen LogP contribution is 2.21. The van der Waals surface area contributed by atoms with Crippen molar-refractivity contribution in [2.75, 3.05) is 5.32 Å². The number of aryl methyl sites for hydroxylation is 1. The third-order valence-corrected chi connectivity index (χ3v) is 4.45. The minimum absolute atomic E-state index is 0.202. The summed E-state index contributed by atoms with van der Waals surface area (Å²) < 4.78 is 3.39. The maximum atomic E-state index is 12.9. The van der Waals surface area contributed by atoms with Crippen molar-refractivity contribution in [1.29, 1.82) is 0 Å². The zero-order chi connectivity index (χ0) is 19.5. The van der Waals surface area contributed by atoms with Crippen LogP contribution in [-0.4, -0.2) is 35.9 Å². The van der Waals surface area contributed by atoms with Crippen LogP contribution in [0.25, 0.3) is 17.1 Å². The second kappa shape index (κ2) is 7.43. The summed E-state index contributed by atoms with van der Waals surface area (Å²) in [7, 11) is 1.77. The van der Waals surface area contributed by atoms with Gasteiger partial charge in [-0.05, 0) is 41.1 Å². The Morgan fingerprint density at radius 2 is 1.93 bits per heavy atom. The van der Waals surface area contributed by atoms with E-state index >= 15 is 0 Å². The quantitative estimate of drug-likeness (QED) is 0.581. The lowest BCUT2D eigenvalue weighted by molar-refractivity contribution is 0.102. The summed E-state index contributed by atoms with van der Waals surface area (Å²) in [5.74, 6) is 0.425. The zero-order valence-corrected chi connectivity index (χ0v) is 15.6. The van der Waals surface area contributed by atoms with Gasteiger partial charge < -0.3 is 5.32 Å². The average molecular weight is 373 g/mol. The van der Waals surface area contributed by atoms with E-state index in [9.17, 15) is 4.79 Å². The summed E-state index contributed by atoms with van der Waals surface area (Å²) in [5, 5.41) is 18.9. The number of aromatic nitrogens is 6. The number of hydrogen-bond donors (Lipinski definition) is 1. The second-order valence-electron chi connectivity index (χ2n) is 6.27. The van der Waals surface area contributed by atoms with E-state index in [0.29, 0.717) is 23.5 Å². The fourth-order valence-electron chi connectivity index (χ4n) is 3.10. The van der Waals surface area contributed by atoms with Crippen LogP contribution in [0.5, 0.6) is 0 Å². The van der Waals surface area contributed by atoms with Gasteiger partial charge >= 0.3 is 0 Å². The van der Waals surface area contributed by atoms with E-state index in [1.165, 1.54) is 0 Å². The number of nitrogens with one attached hydrogen (secondary N) is 1. The Labute approximate surface area is 161 Å². The number of benzene rings is 2. The molecule has 1 N–H and O–H groups in total.